The first-order valence-electron chi connectivity index (χ1n) is 7.32. The maximum atomic E-state index is 12.2. The van der Waals surface area contributed by atoms with E-state index in [1.807, 2.05) is 36.4 Å². The fourth-order valence-electron chi connectivity index (χ4n) is 2.35. The van der Waals surface area contributed by atoms with Crippen molar-refractivity contribution in [2.75, 3.05) is 13.2 Å². The molecule has 0 fully saturated rings. The van der Waals surface area contributed by atoms with Gasteiger partial charge in [-0.25, -0.2) is 5.01 Å². The Bertz CT molecular complexity index is 778. The van der Waals surface area contributed by atoms with Crippen LogP contribution in [0.2, 0.25) is 0 Å². The lowest BCUT2D eigenvalue weighted by Gasteiger charge is -2.12. The highest BCUT2D eigenvalue weighted by Crippen LogP contribution is 2.15. The molecule has 0 bridgehead atoms. The van der Waals surface area contributed by atoms with Gasteiger partial charge in [-0.15, -0.1) is 0 Å². The van der Waals surface area contributed by atoms with Crippen LogP contribution >= 0.6 is 0 Å². The van der Waals surface area contributed by atoms with Crippen LogP contribution < -0.4 is 4.74 Å². The number of nitriles is 1. The van der Waals surface area contributed by atoms with Gasteiger partial charge in [-0.2, -0.15) is 10.4 Å². The lowest BCUT2D eigenvalue weighted by molar-refractivity contribution is -0.132. The lowest BCUT2D eigenvalue weighted by atomic mass is 10.1. The van der Waals surface area contributed by atoms with Gasteiger partial charge in [-0.1, -0.05) is 36.4 Å². The van der Waals surface area contributed by atoms with Gasteiger partial charge in [0.1, 0.15) is 5.75 Å². The number of rotatable bonds is 4. The van der Waals surface area contributed by atoms with Crippen molar-refractivity contribution in [2.45, 2.75) is 6.42 Å². The minimum absolute atomic E-state index is 0.0968. The Morgan fingerprint density at radius 1 is 1.22 bits per heavy atom. The standard InChI is InChI=1S/C18H15N3O2/c19-12-14-5-4-8-16(11-14)23-13-18(22)21-10-9-17(20-21)15-6-2-1-3-7-15/h1-8,11H,9-10,13H2. The van der Waals surface area contributed by atoms with E-state index in [4.69, 9.17) is 10.00 Å². The van der Waals surface area contributed by atoms with E-state index in [0.717, 1.165) is 17.7 Å². The van der Waals surface area contributed by atoms with Gasteiger partial charge in [0.25, 0.3) is 5.91 Å². The molecule has 2 aromatic carbocycles. The van der Waals surface area contributed by atoms with Gasteiger partial charge in [0.2, 0.25) is 0 Å². The maximum Gasteiger partial charge on any atom is 0.280 e. The van der Waals surface area contributed by atoms with Crippen LogP contribution in [0, 0.1) is 11.3 Å². The first-order valence-corrected chi connectivity index (χ1v) is 7.32. The van der Waals surface area contributed by atoms with Crippen LogP contribution in [0.1, 0.15) is 17.5 Å². The minimum Gasteiger partial charge on any atom is -0.484 e. The van der Waals surface area contributed by atoms with Gasteiger partial charge in [0.05, 0.1) is 23.9 Å². The highest BCUT2D eigenvalue weighted by molar-refractivity contribution is 6.02. The summed E-state index contributed by atoms with van der Waals surface area (Å²) in [5.41, 5.74) is 2.44. The molecule has 5 nitrogen and oxygen atoms in total. The van der Waals surface area contributed by atoms with Gasteiger partial charge < -0.3 is 4.74 Å². The van der Waals surface area contributed by atoms with E-state index in [0.29, 0.717) is 17.9 Å². The molecule has 23 heavy (non-hydrogen) atoms. The minimum atomic E-state index is -0.196. The Labute approximate surface area is 134 Å². The van der Waals surface area contributed by atoms with E-state index in [9.17, 15) is 4.79 Å². The number of nitrogens with zero attached hydrogens (tertiary/aromatic N) is 3. The molecule has 1 amide bonds. The van der Waals surface area contributed by atoms with E-state index in [-0.39, 0.29) is 12.5 Å². The Morgan fingerprint density at radius 2 is 2.04 bits per heavy atom. The number of benzene rings is 2. The normalized spacial score (nSPS) is 13.3. The second-order valence-corrected chi connectivity index (χ2v) is 5.11. The summed E-state index contributed by atoms with van der Waals surface area (Å²) in [5.74, 6) is 0.308. The Balaban J connectivity index is 1.61. The number of hydrogen-bond acceptors (Lipinski definition) is 4. The van der Waals surface area contributed by atoms with Crippen LogP contribution in [0.25, 0.3) is 0 Å². The summed E-state index contributed by atoms with van der Waals surface area (Å²) >= 11 is 0. The molecule has 0 unspecified atom stereocenters. The van der Waals surface area contributed by atoms with Crippen LogP contribution in [-0.2, 0) is 4.79 Å². The predicted molar refractivity (Wildman–Crippen MR) is 86.0 cm³/mol. The monoisotopic (exact) mass is 305 g/mol. The molecule has 1 heterocycles. The summed E-state index contributed by atoms with van der Waals surface area (Å²) in [6.07, 6.45) is 0.736. The van der Waals surface area contributed by atoms with Crippen LogP contribution in [0.3, 0.4) is 0 Å². The van der Waals surface area contributed by atoms with E-state index < -0.39 is 0 Å². The largest absolute Gasteiger partial charge is 0.484 e. The predicted octanol–water partition coefficient (Wildman–Crippen LogP) is 2.57. The van der Waals surface area contributed by atoms with Crippen LogP contribution in [0.5, 0.6) is 5.75 Å². The number of ether oxygens (including phenoxy) is 1. The zero-order chi connectivity index (χ0) is 16.1. The number of carbonyl (C=O) groups excluding carboxylic acids is 1. The molecule has 1 aliphatic heterocycles. The Kier molecular flexibility index (Phi) is 4.34. The summed E-state index contributed by atoms with van der Waals surface area (Å²) in [4.78, 5) is 12.2. The van der Waals surface area contributed by atoms with Crippen molar-refractivity contribution in [3.8, 4) is 11.8 Å². The first-order chi connectivity index (χ1) is 11.3. The van der Waals surface area contributed by atoms with Crippen molar-refractivity contribution in [3.05, 3.63) is 65.7 Å². The number of carbonyl (C=O) groups is 1. The van der Waals surface area contributed by atoms with Gasteiger partial charge >= 0.3 is 0 Å². The number of hydrazone groups is 1. The second kappa shape index (κ2) is 6.75. The molecule has 0 radical (unpaired) electrons. The van der Waals surface area contributed by atoms with Gasteiger partial charge in [-0.3, -0.25) is 4.79 Å². The highest BCUT2D eigenvalue weighted by Gasteiger charge is 2.21. The Hall–Kier alpha value is -3.13. The Morgan fingerprint density at radius 3 is 2.83 bits per heavy atom. The fourth-order valence-corrected chi connectivity index (χ4v) is 2.35. The molecule has 114 valence electrons. The SMILES string of the molecule is N#Cc1cccc(OCC(=O)N2CCC(c3ccccc3)=N2)c1. The third-order valence-electron chi connectivity index (χ3n) is 3.52. The van der Waals surface area contributed by atoms with Crippen LogP contribution in [0.4, 0.5) is 0 Å². The molecule has 0 saturated carbocycles. The summed E-state index contributed by atoms with van der Waals surface area (Å²) < 4.78 is 5.45. The zero-order valence-corrected chi connectivity index (χ0v) is 12.5. The molecular formula is C18H15N3O2. The molecule has 0 aliphatic carbocycles. The van der Waals surface area contributed by atoms with Crippen molar-refractivity contribution in [1.29, 1.82) is 5.26 Å². The smallest absolute Gasteiger partial charge is 0.280 e. The van der Waals surface area contributed by atoms with Crippen LogP contribution in [-0.4, -0.2) is 29.8 Å². The van der Waals surface area contributed by atoms with E-state index >= 15 is 0 Å². The molecule has 3 rings (SSSR count). The number of hydrogen-bond donors (Lipinski definition) is 0. The van der Waals surface area contributed by atoms with Crippen molar-refractivity contribution < 1.29 is 9.53 Å². The number of amides is 1. The van der Waals surface area contributed by atoms with Crippen molar-refractivity contribution in [1.82, 2.24) is 5.01 Å². The van der Waals surface area contributed by atoms with Crippen LogP contribution in [0.15, 0.2) is 59.7 Å². The molecule has 0 N–H and O–H groups in total. The van der Waals surface area contributed by atoms with Gasteiger partial charge in [0.15, 0.2) is 6.61 Å². The quantitative estimate of drug-likeness (QED) is 0.872. The topological polar surface area (TPSA) is 65.7 Å². The molecule has 0 saturated heterocycles. The molecular weight excluding hydrogens is 290 g/mol. The van der Waals surface area contributed by atoms with E-state index in [2.05, 4.69) is 5.10 Å². The van der Waals surface area contributed by atoms with Crippen molar-refractivity contribution >= 4 is 11.6 Å². The molecule has 1 aliphatic rings. The summed E-state index contributed by atoms with van der Waals surface area (Å²) in [5, 5.41) is 14.7. The van der Waals surface area contributed by atoms with E-state index in [1.165, 1.54) is 5.01 Å². The van der Waals surface area contributed by atoms with Gasteiger partial charge in [-0.05, 0) is 23.8 Å². The highest BCUT2D eigenvalue weighted by atomic mass is 16.5. The summed E-state index contributed by atoms with van der Waals surface area (Å²) in [6.45, 7) is 0.463. The van der Waals surface area contributed by atoms with E-state index in [1.54, 1.807) is 24.3 Å². The van der Waals surface area contributed by atoms with Crippen molar-refractivity contribution in [2.24, 2.45) is 5.10 Å². The molecule has 2 aromatic rings. The fraction of sp³-hybridized carbons (Fsp3) is 0.167. The zero-order valence-electron chi connectivity index (χ0n) is 12.5. The second-order valence-electron chi connectivity index (χ2n) is 5.11. The average Bonchev–Trinajstić information content (AvgIpc) is 3.11. The summed E-state index contributed by atoms with van der Waals surface area (Å²) in [7, 11) is 0. The molecule has 0 atom stereocenters. The van der Waals surface area contributed by atoms with Gasteiger partial charge in [0, 0.05) is 6.42 Å². The third-order valence-corrected chi connectivity index (χ3v) is 3.52. The van der Waals surface area contributed by atoms with Crippen molar-refractivity contribution in [3.63, 3.8) is 0 Å². The maximum absolute atomic E-state index is 12.2. The molecule has 0 spiro atoms. The lowest BCUT2D eigenvalue weighted by Crippen LogP contribution is -2.28. The molecule has 5 heteroatoms. The third kappa shape index (κ3) is 3.55. The summed E-state index contributed by atoms with van der Waals surface area (Å²) in [6, 6.07) is 18.6. The first kappa shape index (κ1) is 14.8. The average molecular weight is 305 g/mol. The molecule has 0 aromatic heterocycles.